The predicted molar refractivity (Wildman–Crippen MR) is 57.3 cm³/mol. The zero-order chi connectivity index (χ0) is 12.7. The third-order valence-electron chi connectivity index (χ3n) is 2.71. The Labute approximate surface area is 95.6 Å². The van der Waals surface area contributed by atoms with Gasteiger partial charge < -0.3 is 9.57 Å². The third-order valence-corrected chi connectivity index (χ3v) is 2.71. The second-order valence-electron chi connectivity index (χ2n) is 5.52. The molecule has 1 atom stereocenters. The fourth-order valence-corrected chi connectivity index (χ4v) is 1.69. The van der Waals surface area contributed by atoms with Crippen molar-refractivity contribution in [3.05, 3.63) is 0 Å². The van der Waals surface area contributed by atoms with Crippen molar-refractivity contribution in [2.45, 2.75) is 46.2 Å². The van der Waals surface area contributed by atoms with Crippen molar-refractivity contribution >= 4 is 11.9 Å². The Morgan fingerprint density at radius 1 is 1.44 bits per heavy atom. The highest BCUT2D eigenvalue weighted by Crippen LogP contribution is 2.38. The molecule has 0 N–H and O–H groups in total. The Bertz CT molecular complexity index is 316. The summed E-state index contributed by atoms with van der Waals surface area (Å²) in [5, 5.41) is 1.42. The maximum atomic E-state index is 11.7. The molecule has 1 aliphatic rings. The molecular formula is C11H19NO4. The van der Waals surface area contributed by atoms with Crippen molar-refractivity contribution in [3.63, 3.8) is 0 Å². The first-order chi connectivity index (χ1) is 7.12. The number of nitrogens with zero attached hydrogens (tertiary/aromatic N) is 1. The van der Waals surface area contributed by atoms with Crippen molar-refractivity contribution in [1.29, 1.82) is 0 Å². The van der Waals surface area contributed by atoms with Crippen LogP contribution in [0.15, 0.2) is 0 Å². The van der Waals surface area contributed by atoms with E-state index in [0.717, 1.165) is 0 Å². The topological polar surface area (TPSA) is 55.8 Å². The van der Waals surface area contributed by atoms with Gasteiger partial charge in [0, 0.05) is 5.54 Å². The van der Waals surface area contributed by atoms with Crippen molar-refractivity contribution < 1.29 is 19.2 Å². The van der Waals surface area contributed by atoms with Crippen LogP contribution in [-0.2, 0) is 19.2 Å². The minimum atomic E-state index is -0.889. The number of esters is 1. The Hall–Kier alpha value is -1.10. The number of hydrogen-bond acceptors (Lipinski definition) is 5. The summed E-state index contributed by atoms with van der Waals surface area (Å²) in [7, 11) is 1.31. The lowest BCUT2D eigenvalue weighted by Crippen LogP contribution is -2.51. The molecule has 1 aliphatic heterocycles. The summed E-state index contributed by atoms with van der Waals surface area (Å²) in [5.74, 6) is -0.858. The van der Waals surface area contributed by atoms with Crippen molar-refractivity contribution in [2.75, 3.05) is 7.11 Å². The fourth-order valence-electron chi connectivity index (χ4n) is 1.69. The fraction of sp³-hybridized carbons (Fsp3) is 0.818. The van der Waals surface area contributed by atoms with Gasteiger partial charge in [-0.3, -0.25) is 4.79 Å². The Kier molecular flexibility index (Phi) is 3.02. The molecule has 0 spiro atoms. The number of carbonyl (C=O) groups excluding carboxylic acids is 2. The summed E-state index contributed by atoms with van der Waals surface area (Å²) in [4.78, 5) is 28.6. The second-order valence-corrected chi connectivity index (χ2v) is 5.52. The maximum absolute atomic E-state index is 11.7. The summed E-state index contributed by atoms with van der Waals surface area (Å²) in [6.07, 6.45) is 0. The molecule has 1 rings (SSSR count). The van der Waals surface area contributed by atoms with E-state index < -0.39 is 28.9 Å². The standard InChI is InChI=1S/C11H19NO4/c1-10(2,3)12-7(8(13)15-6)11(4,5)9(14)16-12/h7H,1-6H3. The van der Waals surface area contributed by atoms with E-state index in [1.165, 1.54) is 12.2 Å². The average molecular weight is 229 g/mol. The first-order valence-corrected chi connectivity index (χ1v) is 5.22. The van der Waals surface area contributed by atoms with E-state index in [1.807, 2.05) is 20.8 Å². The first-order valence-electron chi connectivity index (χ1n) is 5.22. The van der Waals surface area contributed by atoms with Crippen LogP contribution in [0.1, 0.15) is 34.6 Å². The first kappa shape index (κ1) is 13.0. The van der Waals surface area contributed by atoms with Gasteiger partial charge in [-0.15, -0.1) is 5.06 Å². The van der Waals surface area contributed by atoms with Crippen LogP contribution in [0.4, 0.5) is 0 Å². The van der Waals surface area contributed by atoms with Crippen LogP contribution >= 0.6 is 0 Å². The van der Waals surface area contributed by atoms with Crippen LogP contribution in [0.5, 0.6) is 0 Å². The van der Waals surface area contributed by atoms with Gasteiger partial charge in [0.25, 0.3) is 0 Å². The van der Waals surface area contributed by atoms with E-state index in [9.17, 15) is 9.59 Å². The largest absolute Gasteiger partial charge is 0.468 e. The van der Waals surface area contributed by atoms with Crippen LogP contribution in [0.3, 0.4) is 0 Å². The summed E-state index contributed by atoms with van der Waals surface area (Å²) >= 11 is 0. The Balaban J connectivity index is 3.13. The molecule has 1 heterocycles. The number of ether oxygens (including phenoxy) is 1. The van der Waals surface area contributed by atoms with Gasteiger partial charge in [0.1, 0.15) is 0 Å². The SMILES string of the molecule is COC(=O)C1N(C(C)(C)C)OC(=O)C1(C)C. The summed E-state index contributed by atoms with van der Waals surface area (Å²) in [6.45, 7) is 8.98. The average Bonchev–Trinajstić information content (AvgIpc) is 2.37. The van der Waals surface area contributed by atoms with Gasteiger partial charge in [-0.2, -0.15) is 0 Å². The normalized spacial score (nSPS) is 25.4. The van der Waals surface area contributed by atoms with Crippen LogP contribution < -0.4 is 0 Å². The second kappa shape index (κ2) is 3.73. The lowest BCUT2D eigenvalue weighted by Gasteiger charge is -2.34. The van der Waals surface area contributed by atoms with Crippen molar-refractivity contribution in [2.24, 2.45) is 5.41 Å². The van der Waals surface area contributed by atoms with Crippen LogP contribution in [-0.4, -0.2) is 35.7 Å². The molecule has 5 nitrogen and oxygen atoms in total. The Morgan fingerprint density at radius 3 is 2.31 bits per heavy atom. The molecule has 0 radical (unpaired) electrons. The van der Waals surface area contributed by atoms with Gasteiger partial charge in [0.15, 0.2) is 6.04 Å². The summed E-state index contributed by atoms with van der Waals surface area (Å²) in [5.41, 5.74) is -1.33. The molecule has 92 valence electrons. The summed E-state index contributed by atoms with van der Waals surface area (Å²) < 4.78 is 4.73. The van der Waals surface area contributed by atoms with Gasteiger partial charge in [-0.1, -0.05) is 0 Å². The van der Waals surface area contributed by atoms with E-state index in [1.54, 1.807) is 13.8 Å². The van der Waals surface area contributed by atoms with Crippen LogP contribution in [0.25, 0.3) is 0 Å². The third kappa shape index (κ3) is 1.91. The molecule has 1 fully saturated rings. The molecule has 1 saturated heterocycles. The number of methoxy groups -OCH3 is 1. The number of hydrogen-bond donors (Lipinski definition) is 0. The van der Waals surface area contributed by atoms with E-state index in [-0.39, 0.29) is 0 Å². The smallest absolute Gasteiger partial charge is 0.332 e. The number of carbonyl (C=O) groups is 2. The monoisotopic (exact) mass is 229 g/mol. The number of hydroxylamine groups is 2. The molecular weight excluding hydrogens is 210 g/mol. The quantitative estimate of drug-likeness (QED) is 0.631. The molecule has 0 amide bonds. The predicted octanol–water partition coefficient (Wildman–Crippen LogP) is 1.13. The zero-order valence-corrected chi connectivity index (χ0v) is 10.7. The van der Waals surface area contributed by atoms with Gasteiger partial charge >= 0.3 is 11.9 Å². The molecule has 0 aliphatic carbocycles. The van der Waals surface area contributed by atoms with Gasteiger partial charge in [-0.25, -0.2) is 4.79 Å². The van der Waals surface area contributed by atoms with Gasteiger partial charge in [0.2, 0.25) is 0 Å². The highest BCUT2D eigenvalue weighted by molar-refractivity contribution is 5.89. The van der Waals surface area contributed by atoms with Crippen molar-refractivity contribution in [3.8, 4) is 0 Å². The van der Waals surface area contributed by atoms with E-state index in [4.69, 9.17) is 9.57 Å². The highest BCUT2D eigenvalue weighted by Gasteiger charge is 2.57. The lowest BCUT2D eigenvalue weighted by molar-refractivity contribution is -0.205. The maximum Gasteiger partial charge on any atom is 0.332 e. The zero-order valence-electron chi connectivity index (χ0n) is 10.7. The van der Waals surface area contributed by atoms with Crippen molar-refractivity contribution in [1.82, 2.24) is 5.06 Å². The minimum Gasteiger partial charge on any atom is -0.468 e. The van der Waals surface area contributed by atoms with Gasteiger partial charge in [-0.05, 0) is 34.6 Å². The van der Waals surface area contributed by atoms with E-state index in [2.05, 4.69) is 0 Å². The highest BCUT2D eigenvalue weighted by atomic mass is 16.7. The van der Waals surface area contributed by atoms with E-state index >= 15 is 0 Å². The van der Waals surface area contributed by atoms with Gasteiger partial charge in [0.05, 0.1) is 12.5 Å². The Morgan fingerprint density at radius 2 is 1.94 bits per heavy atom. The summed E-state index contributed by atoms with van der Waals surface area (Å²) in [6, 6.07) is -0.704. The minimum absolute atomic E-state index is 0.405. The molecule has 0 aromatic rings. The molecule has 16 heavy (non-hydrogen) atoms. The molecule has 5 heteroatoms. The van der Waals surface area contributed by atoms with Crippen LogP contribution in [0, 0.1) is 5.41 Å². The molecule has 0 aromatic heterocycles. The lowest BCUT2D eigenvalue weighted by atomic mass is 9.84. The molecule has 0 saturated carbocycles. The van der Waals surface area contributed by atoms with E-state index in [0.29, 0.717) is 0 Å². The van der Waals surface area contributed by atoms with Crippen LogP contribution in [0.2, 0.25) is 0 Å². The number of rotatable bonds is 1. The molecule has 0 bridgehead atoms. The molecule has 0 aromatic carbocycles. The molecule has 1 unspecified atom stereocenters.